The van der Waals surface area contributed by atoms with Gasteiger partial charge in [-0.3, -0.25) is 0 Å². The largest absolute Gasteiger partial charge is 0.424 e. The molecule has 0 atom stereocenters. The molecule has 0 unspecified atom stereocenters. The molecule has 0 aliphatic heterocycles. The van der Waals surface area contributed by atoms with Gasteiger partial charge in [0.2, 0.25) is 0 Å². The smallest absolute Gasteiger partial charge is 0.292 e. The first kappa shape index (κ1) is 9.02. The number of nitrogens with two attached hydrogens (primary N) is 1. The van der Waals surface area contributed by atoms with Gasteiger partial charge in [0, 0.05) is 5.69 Å². The summed E-state index contributed by atoms with van der Waals surface area (Å²) in [5.41, 5.74) is 6.90. The second kappa shape index (κ2) is 3.31. The van der Waals surface area contributed by atoms with Gasteiger partial charge in [0.25, 0.3) is 6.01 Å². The van der Waals surface area contributed by atoms with E-state index < -0.39 is 0 Å². The number of anilines is 1. The fraction of sp³-hybridized carbons (Fsp3) is 0.111. The Balaban J connectivity index is 2.52. The van der Waals surface area contributed by atoms with E-state index in [2.05, 4.69) is 9.97 Å². The lowest BCUT2D eigenvalue weighted by molar-refractivity contribution is 0.594. The van der Waals surface area contributed by atoms with Gasteiger partial charge in [-0.25, -0.2) is 9.97 Å². The van der Waals surface area contributed by atoms with Gasteiger partial charge < -0.3 is 10.2 Å². The van der Waals surface area contributed by atoms with Gasteiger partial charge in [0.1, 0.15) is 5.15 Å². The molecule has 0 saturated carbocycles. The zero-order valence-electron chi connectivity index (χ0n) is 7.49. The lowest BCUT2D eigenvalue weighted by Crippen LogP contribution is -1.84. The SMILES string of the molecule is Cc1ccc(-c2cnc(N)o2)c(Cl)n1. The van der Waals surface area contributed by atoms with Crippen molar-refractivity contribution in [2.45, 2.75) is 6.92 Å². The number of aryl methyl sites for hydroxylation is 1. The molecule has 0 aliphatic rings. The summed E-state index contributed by atoms with van der Waals surface area (Å²) in [5.74, 6) is 0.528. The highest BCUT2D eigenvalue weighted by Gasteiger charge is 2.09. The van der Waals surface area contributed by atoms with Crippen LogP contribution in [0.5, 0.6) is 0 Å². The van der Waals surface area contributed by atoms with Crippen molar-refractivity contribution in [3.8, 4) is 11.3 Å². The number of hydrogen-bond acceptors (Lipinski definition) is 4. The highest BCUT2D eigenvalue weighted by atomic mass is 35.5. The quantitative estimate of drug-likeness (QED) is 0.732. The van der Waals surface area contributed by atoms with Crippen molar-refractivity contribution in [3.05, 3.63) is 29.2 Å². The summed E-state index contributed by atoms with van der Waals surface area (Å²) in [4.78, 5) is 7.88. The highest BCUT2D eigenvalue weighted by molar-refractivity contribution is 6.32. The molecule has 0 fully saturated rings. The summed E-state index contributed by atoms with van der Waals surface area (Å²) in [7, 11) is 0. The monoisotopic (exact) mass is 209 g/mol. The van der Waals surface area contributed by atoms with Crippen molar-refractivity contribution < 1.29 is 4.42 Å². The summed E-state index contributed by atoms with van der Waals surface area (Å²) in [6.45, 7) is 1.87. The van der Waals surface area contributed by atoms with E-state index in [0.29, 0.717) is 16.5 Å². The van der Waals surface area contributed by atoms with E-state index in [1.54, 1.807) is 0 Å². The van der Waals surface area contributed by atoms with Crippen LogP contribution in [0.15, 0.2) is 22.7 Å². The maximum absolute atomic E-state index is 5.93. The minimum atomic E-state index is 0.122. The molecule has 0 spiro atoms. The molecule has 2 aromatic heterocycles. The van der Waals surface area contributed by atoms with Crippen LogP contribution in [0, 0.1) is 6.92 Å². The minimum absolute atomic E-state index is 0.122. The average Bonchev–Trinajstić information content (AvgIpc) is 2.51. The lowest BCUT2D eigenvalue weighted by atomic mass is 10.2. The molecule has 2 heterocycles. The molecule has 0 aliphatic carbocycles. The number of oxazole rings is 1. The third-order valence-corrected chi connectivity index (χ3v) is 2.07. The van der Waals surface area contributed by atoms with E-state index in [4.69, 9.17) is 21.8 Å². The van der Waals surface area contributed by atoms with Gasteiger partial charge in [0.05, 0.1) is 11.8 Å². The van der Waals surface area contributed by atoms with Crippen LogP contribution in [0.4, 0.5) is 6.01 Å². The van der Waals surface area contributed by atoms with Gasteiger partial charge in [0.15, 0.2) is 5.76 Å². The molecule has 0 aromatic carbocycles. The lowest BCUT2D eigenvalue weighted by Gasteiger charge is -1.99. The summed E-state index contributed by atoms with van der Waals surface area (Å²) in [6.07, 6.45) is 1.52. The van der Waals surface area contributed by atoms with Gasteiger partial charge >= 0.3 is 0 Å². The van der Waals surface area contributed by atoms with Gasteiger partial charge in [-0.15, -0.1) is 0 Å². The van der Waals surface area contributed by atoms with E-state index in [1.807, 2.05) is 19.1 Å². The zero-order valence-corrected chi connectivity index (χ0v) is 8.25. The maximum atomic E-state index is 5.93. The molecule has 0 bridgehead atoms. The number of halogens is 1. The third-order valence-electron chi connectivity index (χ3n) is 1.78. The predicted octanol–water partition coefficient (Wildman–Crippen LogP) is 2.28. The van der Waals surface area contributed by atoms with E-state index >= 15 is 0 Å². The van der Waals surface area contributed by atoms with Crippen molar-refractivity contribution in [3.63, 3.8) is 0 Å². The van der Waals surface area contributed by atoms with E-state index in [9.17, 15) is 0 Å². The topological polar surface area (TPSA) is 64.9 Å². The van der Waals surface area contributed by atoms with Crippen molar-refractivity contribution in [2.24, 2.45) is 0 Å². The van der Waals surface area contributed by atoms with E-state index in [0.717, 1.165) is 5.69 Å². The van der Waals surface area contributed by atoms with E-state index in [-0.39, 0.29) is 6.01 Å². The second-order valence-corrected chi connectivity index (χ2v) is 3.21. The first-order valence-corrected chi connectivity index (χ1v) is 4.39. The minimum Gasteiger partial charge on any atom is -0.424 e. The Bertz CT molecular complexity index is 467. The number of nitrogens with zero attached hydrogens (tertiary/aromatic N) is 2. The van der Waals surface area contributed by atoms with Crippen LogP contribution in [-0.4, -0.2) is 9.97 Å². The first-order valence-electron chi connectivity index (χ1n) is 4.01. The Morgan fingerprint density at radius 1 is 1.43 bits per heavy atom. The molecular formula is C9H8ClN3O. The van der Waals surface area contributed by atoms with Gasteiger partial charge in [-0.05, 0) is 19.1 Å². The average molecular weight is 210 g/mol. The summed E-state index contributed by atoms with van der Waals surface area (Å²) in [5, 5.41) is 0.390. The number of pyridine rings is 1. The predicted molar refractivity (Wildman–Crippen MR) is 53.9 cm³/mol. The number of nitrogen functional groups attached to an aromatic ring is 1. The summed E-state index contributed by atoms with van der Waals surface area (Å²) in [6, 6.07) is 3.79. The Labute approximate surface area is 85.7 Å². The number of rotatable bonds is 1. The first-order chi connectivity index (χ1) is 6.66. The van der Waals surface area contributed by atoms with Crippen LogP contribution in [-0.2, 0) is 0 Å². The molecule has 0 radical (unpaired) electrons. The second-order valence-electron chi connectivity index (χ2n) is 2.85. The van der Waals surface area contributed by atoms with Crippen molar-refractivity contribution in [1.29, 1.82) is 0 Å². The standard InChI is InChI=1S/C9H8ClN3O/c1-5-2-3-6(8(10)13-5)7-4-12-9(11)14-7/h2-4H,1H3,(H2,11,12). The van der Waals surface area contributed by atoms with Crippen LogP contribution < -0.4 is 5.73 Å². The molecular weight excluding hydrogens is 202 g/mol. The normalized spacial score (nSPS) is 10.4. The van der Waals surface area contributed by atoms with Crippen LogP contribution >= 0.6 is 11.6 Å². The fourth-order valence-electron chi connectivity index (χ4n) is 1.12. The van der Waals surface area contributed by atoms with Crippen LogP contribution in [0.3, 0.4) is 0 Å². The molecule has 14 heavy (non-hydrogen) atoms. The van der Waals surface area contributed by atoms with Crippen LogP contribution in [0.1, 0.15) is 5.69 Å². The summed E-state index contributed by atoms with van der Waals surface area (Å²) < 4.78 is 5.13. The fourth-order valence-corrected chi connectivity index (χ4v) is 1.41. The number of hydrogen-bond donors (Lipinski definition) is 1. The van der Waals surface area contributed by atoms with Crippen molar-refractivity contribution in [2.75, 3.05) is 5.73 Å². The highest BCUT2D eigenvalue weighted by Crippen LogP contribution is 2.27. The third kappa shape index (κ3) is 1.56. The molecule has 0 saturated heterocycles. The summed E-state index contributed by atoms with van der Waals surface area (Å²) >= 11 is 5.93. The number of aromatic nitrogens is 2. The Morgan fingerprint density at radius 3 is 2.79 bits per heavy atom. The molecule has 4 nitrogen and oxygen atoms in total. The Kier molecular flexibility index (Phi) is 2.13. The van der Waals surface area contributed by atoms with Crippen molar-refractivity contribution >= 4 is 17.6 Å². The van der Waals surface area contributed by atoms with E-state index in [1.165, 1.54) is 6.20 Å². The Hall–Kier alpha value is -1.55. The van der Waals surface area contributed by atoms with Crippen molar-refractivity contribution in [1.82, 2.24) is 9.97 Å². The van der Waals surface area contributed by atoms with Gasteiger partial charge in [-0.2, -0.15) is 0 Å². The molecule has 2 aromatic rings. The van der Waals surface area contributed by atoms with Gasteiger partial charge in [-0.1, -0.05) is 11.6 Å². The van der Waals surface area contributed by atoms with Crippen LogP contribution in [0.25, 0.3) is 11.3 Å². The molecule has 2 rings (SSSR count). The molecule has 2 N–H and O–H groups in total. The van der Waals surface area contributed by atoms with Crippen LogP contribution in [0.2, 0.25) is 5.15 Å². The Morgan fingerprint density at radius 2 is 2.21 bits per heavy atom. The molecule has 72 valence electrons. The molecule has 0 amide bonds. The maximum Gasteiger partial charge on any atom is 0.292 e. The zero-order chi connectivity index (χ0) is 10.1. The molecule has 5 heteroatoms.